The van der Waals surface area contributed by atoms with Crippen molar-refractivity contribution in [2.75, 3.05) is 13.7 Å². The highest BCUT2D eigenvalue weighted by Crippen LogP contribution is 2.57. The SMILES string of the molecule is COC(=O)CCC/C=C\C[C@H]1[C@H](/C=C/[C@H](O)C2CCCCC2)[C@@H]2C[C@@]1(c1ccc(-c3ccccc3)cc1)CO2. The van der Waals surface area contributed by atoms with Crippen LogP contribution in [0.1, 0.15) is 69.8 Å². The van der Waals surface area contributed by atoms with E-state index in [0.29, 0.717) is 18.3 Å². The molecule has 2 aromatic carbocycles. The van der Waals surface area contributed by atoms with E-state index >= 15 is 0 Å². The summed E-state index contributed by atoms with van der Waals surface area (Å²) < 4.78 is 11.2. The van der Waals surface area contributed by atoms with Gasteiger partial charge in [0.25, 0.3) is 0 Å². The maximum Gasteiger partial charge on any atom is 0.305 e. The van der Waals surface area contributed by atoms with Crippen molar-refractivity contribution >= 4 is 5.97 Å². The first-order valence-corrected chi connectivity index (χ1v) is 15.0. The number of carbonyl (C=O) groups is 1. The molecule has 1 saturated heterocycles. The van der Waals surface area contributed by atoms with Crippen molar-refractivity contribution in [3.8, 4) is 11.1 Å². The van der Waals surface area contributed by atoms with Gasteiger partial charge in [-0.15, -0.1) is 0 Å². The van der Waals surface area contributed by atoms with Crippen molar-refractivity contribution < 1.29 is 19.4 Å². The molecule has 0 spiro atoms. The summed E-state index contributed by atoms with van der Waals surface area (Å²) in [5.41, 5.74) is 3.80. The van der Waals surface area contributed by atoms with E-state index in [-0.39, 0.29) is 29.5 Å². The zero-order valence-corrected chi connectivity index (χ0v) is 23.3. The molecule has 1 N–H and O–H groups in total. The van der Waals surface area contributed by atoms with E-state index in [0.717, 1.165) is 45.1 Å². The van der Waals surface area contributed by atoms with E-state index < -0.39 is 0 Å². The summed E-state index contributed by atoms with van der Waals surface area (Å²) in [6.45, 7) is 0.749. The van der Waals surface area contributed by atoms with Crippen molar-refractivity contribution in [2.45, 2.75) is 81.8 Å². The monoisotopic (exact) mass is 528 g/mol. The molecule has 0 amide bonds. The van der Waals surface area contributed by atoms with Crippen LogP contribution in [0.2, 0.25) is 0 Å². The third-order valence-corrected chi connectivity index (χ3v) is 9.49. The number of hydrogen-bond acceptors (Lipinski definition) is 4. The number of aliphatic hydroxyl groups excluding tert-OH is 1. The topological polar surface area (TPSA) is 55.8 Å². The molecule has 4 heteroatoms. The molecular weight excluding hydrogens is 484 g/mol. The lowest BCUT2D eigenvalue weighted by molar-refractivity contribution is -0.140. The summed E-state index contributed by atoms with van der Waals surface area (Å²) in [5, 5.41) is 11.0. The largest absolute Gasteiger partial charge is 0.469 e. The minimum Gasteiger partial charge on any atom is -0.469 e. The highest BCUT2D eigenvalue weighted by Gasteiger charge is 2.58. The Morgan fingerprint density at radius 2 is 1.79 bits per heavy atom. The quantitative estimate of drug-likeness (QED) is 0.187. The highest BCUT2D eigenvalue weighted by atomic mass is 16.5. The number of allylic oxidation sites excluding steroid dienone is 2. The predicted octanol–water partition coefficient (Wildman–Crippen LogP) is 7.41. The lowest BCUT2D eigenvalue weighted by Gasteiger charge is -2.38. The maximum atomic E-state index is 11.4. The zero-order chi connectivity index (χ0) is 27.1. The molecule has 5 atom stereocenters. The number of ether oxygens (including phenoxy) is 2. The molecule has 1 aliphatic heterocycles. The minimum absolute atomic E-state index is 0.0267. The minimum atomic E-state index is -0.361. The average molecular weight is 529 g/mol. The second-order valence-electron chi connectivity index (χ2n) is 11.8. The van der Waals surface area contributed by atoms with Crippen LogP contribution in [0.15, 0.2) is 78.9 Å². The van der Waals surface area contributed by atoms with E-state index in [1.165, 1.54) is 43.1 Å². The van der Waals surface area contributed by atoms with E-state index in [1.54, 1.807) is 0 Å². The van der Waals surface area contributed by atoms with Crippen molar-refractivity contribution in [3.05, 3.63) is 84.5 Å². The average Bonchev–Trinajstić information content (AvgIpc) is 3.56. The summed E-state index contributed by atoms with van der Waals surface area (Å²) in [6.07, 6.45) is 18.9. The summed E-state index contributed by atoms with van der Waals surface area (Å²) in [5.74, 6) is 0.937. The van der Waals surface area contributed by atoms with Gasteiger partial charge in [0.15, 0.2) is 0 Å². The van der Waals surface area contributed by atoms with Crippen LogP contribution in [-0.2, 0) is 19.7 Å². The van der Waals surface area contributed by atoms with Gasteiger partial charge in [0.2, 0.25) is 0 Å². The van der Waals surface area contributed by atoms with Gasteiger partial charge in [0.05, 0.1) is 25.9 Å². The first-order chi connectivity index (χ1) is 19.1. The predicted molar refractivity (Wildman–Crippen MR) is 156 cm³/mol. The molecule has 2 bridgehead atoms. The number of carbonyl (C=O) groups excluding carboxylic acids is 1. The number of fused-ring (bicyclic) bond motifs is 2. The number of hydrogen-bond donors (Lipinski definition) is 1. The first-order valence-electron chi connectivity index (χ1n) is 15.0. The van der Waals surface area contributed by atoms with E-state index in [1.807, 2.05) is 0 Å². The molecular formula is C35H44O4. The van der Waals surface area contributed by atoms with E-state index in [9.17, 15) is 9.90 Å². The van der Waals surface area contributed by atoms with Crippen LogP contribution in [0.5, 0.6) is 0 Å². The fourth-order valence-electron chi connectivity index (χ4n) is 7.25. The van der Waals surface area contributed by atoms with Crippen LogP contribution >= 0.6 is 0 Å². The van der Waals surface area contributed by atoms with Crippen molar-refractivity contribution in [1.82, 2.24) is 0 Å². The van der Waals surface area contributed by atoms with Gasteiger partial charge in [0.1, 0.15) is 0 Å². The first kappa shape index (κ1) is 27.9. The molecule has 2 aromatic rings. The van der Waals surface area contributed by atoms with E-state index in [2.05, 4.69) is 78.9 Å². The molecule has 208 valence electrons. The maximum absolute atomic E-state index is 11.4. The fraction of sp³-hybridized carbons (Fsp3) is 0.514. The molecule has 2 aliphatic carbocycles. The Morgan fingerprint density at radius 3 is 2.54 bits per heavy atom. The second kappa shape index (κ2) is 13.1. The summed E-state index contributed by atoms with van der Waals surface area (Å²) in [7, 11) is 1.44. The van der Waals surface area contributed by atoms with E-state index in [4.69, 9.17) is 9.47 Å². The Morgan fingerprint density at radius 1 is 1.05 bits per heavy atom. The zero-order valence-electron chi connectivity index (χ0n) is 23.3. The summed E-state index contributed by atoms with van der Waals surface area (Å²) in [6, 6.07) is 19.7. The molecule has 3 fully saturated rings. The number of benzene rings is 2. The van der Waals surface area contributed by atoms with Crippen molar-refractivity contribution in [2.24, 2.45) is 17.8 Å². The number of esters is 1. The van der Waals surface area contributed by atoms with Gasteiger partial charge in [-0.2, -0.15) is 0 Å². The molecule has 3 aliphatic rings. The van der Waals surface area contributed by atoms with Gasteiger partial charge in [-0.05, 0) is 67.1 Å². The summed E-state index contributed by atoms with van der Waals surface area (Å²) >= 11 is 0. The third-order valence-electron chi connectivity index (χ3n) is 9.49. The molecule has 39 heavy (non-hydrogen) atoms. The van der Waals surface area contributed by atoms with Crippen LogP contribution in [0, 0.1) is 17.8 Å². The van der Waals surface area contributed by atoms with Crippen LogP contribution in [-0.4, -0.2) is 37.0 Å². The second-order valence-corrected chi connectivity index (χ2v) is 11.8. The standard InChI is InChI=1S/C35H44O4/c1-38-34(37)17-11-3-2-10-16-31-30(22-23-32(36)28-14-8-5-9-15-28)33-24-35(31,25-39-33)29-20-18-27(19-21-29)26-12-6-4-7-13-26/h2,4,6-7,10,12-13,18-23,28,30-33,36H,3,5,8-9,11,14-17,24-25H2,1H3/b10-2-,23-22+/t30-,31-,32-,33-,35-/m0/s1. The highest BCUT2D eigenvalue weighted by molar-refractivity contribution is 5.69. The van der Waals surface area contributed by atoms with Gasteiger partial charge < -0.3 is 14.6 Å². The Balaban J connectivity index is 1.34. The van der Waals surface area contributed by atoms with Gasteiger partial charge in [-0.25, -0.2) is 0 Å². The molecule has 4 nitrogen and oxygen atoms in total. The molecule has 0 unspecified atom stereocenters. The lowest BCUT2D eigenvalue weighted by Crippen LogP contribution is -2.39. The van der Waals surface area contributed by atoms with Gasteiger partial charge >= 0.3 is 5.97 Å². The number of rotatable bonds is 11. The number of unbranched alkanes of at least 4 members (excludes halogenated alkanes) is 1. The molecule has 0 aromatic heterocycles. The van der Waals surface area contributed by atoms with Crippen LogP contribution in [0.3, 0.4) is 0 Å². The Bertz CT molecular complexity index is 1120. The van der Waals surface area contributed by atoms with Crippen molar-refractivity contribution in [3.63, 3.8) is 0 Å². The van der Waals surface area contributed by atoms with Gasteiger partial charge in [-0.3, -0.25) is 4.79 Å². The summed E-state index contributed by atoms with van der Waals surface area (Å²) in [4.78, 5) is 11.4. The fourth-order valence-corrected chi connectivity index (χ4v) is 7.25. The van der Waals surface area contributed by atoms with Gasteiger partial charge in [-0.1, -0.05) is 98.2 Å². The molecule has 0 radical (unpaired) electrons. The number of methoxy groups -OCH3 is 1. The smallest absolute Gasteiger partial charge is 0.305 e. The number of aliphatic hydroxyl groups is 1. The Labute approximate surface area is 234 Å². The van der Waals surface area contributed by atoms with Crippen LogP contribution in [0.25, 0.3) is 11.1 Å². The lowest BCUT2D eigenvalue weighted by atomic mass is 9.69. The third kappa shape index (κ3) is 6.39. The Kier molecular flexibility index (Phi) is 9.36. The van der Waals surface area contributed by atoms with Gasteiger partial charge in [0, 0.05) is 17.8 Å². The molecule has 2 saturated carbocycles. The van der Waals surface area contributed by atoms with Crippen molar-refractivity contribution in [1.29, 1.82) is 0 Å². The molecule has 5 rings (SSSR count). The normalized spacial score (nSPS) is 27.9. The van der Waals surface area contributed by atoms with Crippen LogP contribution in [0.4, 0.5) is 0 Å². The van der Waals surface area contributed by atoms with Crippen LogP contribution < -0.4 is 0 Å². The Hall–Kier alpha value is -2.69. The molecule has 1 heterocycles.